The molecule has 15 heteroatoms. The van der Waals surface area contributed by atoms with Crippen molar-refractivity contribution in [2.24, 2.45) is 0 Å². The minimum Gasteiger partial charge on any atom is -0.465 e. The summed E-state index contributed by atoms with van der Waals surface area (Å²) in [5.74, 6) is -1.15. The van der Waals surface area contributed by atoms with Gasteiger partial charge in [-0.1, -0.05) is 30.1 Å². The van der Waals surface area contributed by atoms with E-state index in [4.69, 9.17) is 28.3 Å². The van der Waals surface area contributed by atoms with Crippen molar-refractivity contribution in [3.8, 4) is 0 Å². The minimum absolute atomic E-state index is 0.0479. The van der Waals surface area contributed by atoms with Crippen molar-refractivity contribution in [2.45, 2.75) is 43.4 Å². The Balaban J connectivity index is 1.88. The first-order chi connectivity index (χ1) is 19.1. The second kappa shape index (κ2) is 13.6. The number of alkyl halides is 3. The van der Waals surface area contributed by atoms with Crippen LogP contribution >= 0.6 is 23.2 Å². The molecule has 0 radical (unpaired) electrons. The zero-order valence-corrected chi connectivity index (χ0v) is 24.7. The number of nitrogens with zero attached hydrogens (tertiary/aromatic N) is 2. The van der Waals surface area contributed by atoms with Crippen LogP contribution in [-0.2, 0) is 22.6 Å². The van der Waals surface area contributed by atoms with Gasteiger partial charge < -0.3 is 20.6 Å². The third-order valence-corrected chi connectivity index (χ3v) is 9.12. The van der Waals surface area contributed by atoms with E-state index in [1.807, 2.05) is 4.90 Å². The Morgan fingerprint density at radius 3 is 2.51 bits per heavy atom. The van der Waals surface area contributed by atoms with E-state index < -0.39 is 33.6 Å². The molecule has 1 aliphatic rings. The number of piperidine rings is 1. The van der Waals surface area contributed by atoms with Crippen LogP contribution in [0.3, 0.4) is 0 Å². The summed E-state index contributed by atoms with van der Waals surface area (Å²) in [6.45, 7) is 2.84. The number of likely N-dealkylation sites (tertiary alicyclic amines) is 1. The van der Waals surface area contributed by atoms with Crippen LogP contribution in [0.4, 0.5) is 23.7 Å². The molecule has 0 spiro atoms. The number of amides is 2. The van der Waals surface area contributed by atoms with Gasteiger partial charge in [0.1, 0.15) is 0 Å². The number of sulfone groups is 1. The van der Waals surface area contributed by atoms with Gasteiger partial charge in [0.25, 0.3) is 5.91 Å². The zero-order valence-electron chi connectivity index (χ0n) is 22.4. The molecule has 1 atom stereocenters. The average molecular weight is 640 g/mol. The lowest BCUT2D eigenvalue weighted by molar-refractivity contribution is -0.138. The predicted octanol–water partition coefficient (Wildman–Crippen LogP) is 4.90. The lowest BCUT2D eigenvalue weighted by atomic mass is 9.99. The summed E-state index contributed by atoms with van der Waals surface area (Å²) in [6, 6.07) is 5.71. The maximum Gasteiger partial charge on any atom is 0.416 e. The topological polar surface area (TPSA) is 119 Å². The molecule has 2 aromatic carbocycles. The number of anilines is 1. The maximum atomic E-state index is 14.3. The van der Waals surface area contributed by atoms with Gasteiger partial charge in [-0.3, -0.25) is 9.69 Å². The van der Waals surface area contributed by atoms with E-state index in [-0.39, 0.29) is 56.6 Å². The molecule has 0 unspecified atom stereocenters. The first-order valence-corrected chi connectivity index (χ1v) is 15.2. The Morgan fingerprint density at radius 1 is 1.17 bits per heavy atom. The van der Waals surface area contributed by atoms with Crippen molar-refractivity contribution in [1.29, 1.82) is 0 Å². The van der Waals surface area contributed by atoms with Crippen molar-refractivity contribution < 1.29 is 36.3 Å². The van der Waals surface area contributed by atoms with Crippen molar-refractivity contribution in [3.63, 3.8) is 0 Å². The molecule has 1 fully saturated rings. The number of benzene rings is 2. The van der Waals surface area contributed by atoms with Crippen molar-refractivity contribution in [3.05, 3.63) is 57.1 Å². The molecule has 226 valence electrons. The summed E-state index contributed by atoms with van der Waals surface area (Å²) in [4.78, 5) is 26.6. The molecule has 9 nitrogen and oxygen atoms in total. The predicted molar refractivity (Wildman–Crippen MR) is 151 cm³/mol. The molecule has 0 aromatic heterocycles. The summed E-state index contributed by atoms with van der Waals surface area (Å²) in [5, 5.41) is 14.0. The van der Waals surface area contributed by atoms with Crippen LogP contribution in [0, 0.1) is 0 Å². The van der Waals surface area contributed by atoms with Crippen LogP contribution < -0.4 is 15.5 Å². The summed E-state index contributed by atoms with van der Waals surface area (Å²) in [7, 11) is -2.53. The number of hydrogen-bond donors (Lipinski definition) is 3. The second-order valence-corrected chi connectivity index (χ2v) is 12.7. The molecule has 2 aromatic rings. The van der Waals surface area contributed by atoms with Crippen LogP contribution in [0.25, 0.3) is 0 Å². The fourth-order valence-corrected chi connectivity index (χ4v) is 6.23. The largest absolute Gasteiger partial charge is 0.465 e. The Kier molecular flexibility index (Phi) is 10.9. The lowest BCUT2D eigenvalue weighted by Crippen LogP contribution is -2.47. The van der Waals surface area contributed by atoms with Crippen LogP contribution in [0.15, 0.2) is 35.2 Å². The van der Waals surface area contributed by atoms with Crippen LogP contribution in [0.2, 0.25) is 10.0 Å². The van der Waals surface area contributed by atoms with Gasteiger partial charge in [0.15, 0.2) is 9.84 Å². The highest BCUT2D eigenvalue weighted by Gasteiger charge is 2.37. The molecular formula is C26H31Cl2F3N4O5S. The Bertz CT molecular complexity index is 1390. The number of nitrogens with one attached hydrogen (secondary N) is 2. The first kappa shape index (κ1) is 32.9. The first-order valence-electron chi connectivity index (χ1n) is 12.8. The highest BCUT2D eigenvalue weighted by atomic mass is 35.5. The van der Waals surface area contributed by atoms with E-state index in [0.29, 0.717) is 26.1 Å². The van der Waals surface area contributed by atoms with Gasteiger partial charge in [-0.15, -0.1) is 0 Å². The number of carbonyl (C=O) groups is 2. The third kappa shape index (κ3) is 8.48. The van der Waals surface area contributed by atoms with E-state index in [9.17, 15) is 31.2 Å². The minimum atomic E-state index is -4.82. The average Bonchev–Trinajstić information content (AvgIpc) is 2.90. The van der Waals surface area contributed by atoms with Crippen molar-refractivity contribution in [2.75, 3.05) is 43.9 Å². The summed E-state index contributed by atoms with van der Waals surface area (Å²) >= 11 is 12.4. The highest BCUT2D eigenvalue weighted by Crippen LogP contribution is 2.38. The monoisotopic (exact) mass is 638 g/mol. The number of carboxylic acid groups (broad SMARTS) is 1. The number of carbonyl (C=O) groups excluding carboxylic acids is 1. The van der Waals surface area contributed by atoms with Crippen molar-refractivity contribution >= 4 is 50.7 Å². The van der Waals surface area contributed by atoms with Gasteiger partial charge >= 0.3 is 12.3 Å². The fraction of sp³-hybridized carbons (Fsp3) is 0.462. The Morgan fingerprint density at radius 2 is 1.88 bits per heavy atom. The third-order valence-electron chi connectivity index (χ3n) is 6.77. The highest BCUT2D eigenvalue weighted by molar-refractivity contribution is 7.91. The molecule has 3 N–H and O–H groups in total. The summed E-state index contributed by atoms with van der Waals surface area (Å²) in [5.41, 5.74) is -1.67. The molecule has 2 amide bonds. The Labute approximate surface area is 246 Å². The van der Waals surface area contributed by atoms with Gasteiger partial charge in [-0.2, -0.15) is 13.2 Å². The molecule has 1 heterocycles. The van der Waals surface area contributed by atoms with Gasteiger partial charge in [-0.25, -0.2) is 13.2 Å². The molecule has 3 rings (SSSR count). The van der Waals surface area contributed by atoms with Crippen LogP contribution in [-0.4, -0.2) is 75.4 Å². The molecule has 0 bridgehead atoms. The molecule has 41 heavy (non-hydrogen) atoms. The van der Waals surface area contributed by atoms with E-state index in [1.54, 1.807) is 0 Å². The maximum absolute atomic E-state index is 14.3. The number of halogens is 5. The molecule has 0 saturated carbocycles. The molecular weight excluding hydrogens is 608 g/mol. The standard InChI is InChI=1S/C26H31Cl2F3N4O5S/c1-3-41(39,40)23-7-6-17(27)13-22(23)34(2)24(36)16-11-20(26(29,30)31)19(21(28)12-16)15-35-10-4-5-18(14-35)32-8-9-33-25(37)38/h6-7,11-13,18,32-33H,3-5,8-10,14-15H2,1-2H3,(H,37,38)/t18-/m0/s1. The quantitative estimate of drug-likeness (QED) is 0.317. The molecule has 0 aliphatic carbocycles. The smallest absolute Gasteiger partial charge is 0.416 e. The SMILES string of the molecule is CCS(=O)(=O)c1ccc(Cl)cc1N(C)C(=O)c1cc(Cl)c(CN2CCC[C@H](NCCNC(=O)O)C2)c(C(F)(F)F)c1. The van der Waals surface area contributed by atoms with Gasteiger partial charge in [0.2, 0.25) is 0 Å². The van der Waals surface area contributed by atoms with E-state index in [2.05, 4.69) is 10.6 Å². The normalized spacial score (nSPS) is 16.4. The van der Waals surface area contributed by atoms with Gasteiger partial charge in [0.05, 0.1) is 21.9 Å². The van der Waals surface area contributed by atoms with E-state index >= 15 is 0 Å². The summed E-state index contributed by atoms with van der Waals surface area (Å²) in [6.07, 6.45) is -4.47. The van der Waals surface area contributed by atoms with Crippen LogP contribution in [0.1, 0.15) is 41.3 Å². The molecule has 1 aliphatic heterocycles. The number of rotatable bonds is 10. The number of hydrogen-bond acceptors (Lipinski definition) is 6. The van der Waals surface area contributed by atoms with E-state index in [0.717, 1.165) is 23.5 Å². The van der Waals surface area contributed by atoms with Crippen molar-refractivity contribution in [1.82, 2.24) is 15.5 Å². The van der Waals surface area contributed by atoms with Gasteiger partial charge in [-0.05, 0) is 55.3 Å². The zero-order chi connectivity index (χ0) is 30.5. The summed E-state index contributed by atoms with van der Waals surface area (Å²) < 4.78 is 68.0. The molecule has 1 saturated heterocycles. The second-order valence-electron chi connectivity index (χ2n) is 9.62. The Hall–Kier alpha value is -2.58. The van der Waals surface area contributed by atoms with Crippen LogP contribution in [0.5, 0.6) is 0 Å². The fourth-order valence-electron chi connectivity index (χ4n) is 4.68. The van der Waals surface area contributed by atoms with Gasteiger partial charge in [0, 0.05) is 54.9 Å². The lowest BCUT2D eigenvalue weighted by Gasteiger charge is -2.34. The van der Waals surface area contributed by atoms with E-state index in [1.165, 1.54) is 32.2 Å².